The molecule has 0 aliphatic carbocycles. The van der Waals surface area contributed by atoms with Crippen molar-refractivity contribution in [3.63, 3.8) is 0 Å². The predicted octanol–water partition coefficient (Wildman–Crippen LogP) is 3.87. The second kappa shape index (κ2) is 8.93. The van der Waals surface area contributed by atoms with Crippen LogP contribution in [-0.2, 0) is 11.3 Å². The molecular weight excluding hydrogens is 264 g/mol. The SMILES string of the molecule is C1CCOC1.O=Cc1ccccc1OCc1ccccc1. The third-order valence-electron chi connectivity index (χ3n) is 3.11. The van der Waals surface area contributed by atoms with Crippen LogP contribution < -0.4 is 4.74 Å². The van der Waals surface area contributed by atoms with E-state index in [4.69, 9.17) is 9.47 Å². The van der Waals surface area contributed by atoms with Crippen molar-refractivity contribution in [2.45, 2.75) is 19.4 Å². The fourth-order valence-corrected chi connectivity index (χ4v) is 1.95. The smallest absolute Gasteiger partial charge is 0.153 e. The van der Waals surface area contributed by atoms with Crippen LogP contribution in [0.15, 0.2) is 54.6 Å². The third kappa shape index (κ3) is 5.40. The zero-order valence-corrected chi connectivity index (χ0v) is 12.0. The molecule has 0 bridgehead atoms. The highest BCUT2D eigenvalue weighted by molar-refractivity contribution is 5.79. The summed E-state index contributed by atoms with van der Waals surface area (Å²) in [7, 11) is 0. The second-order valence-corrected chi connectivity index (χ2v) is 4.75. The van der Waals surface area contributed by atoms with E-state index in [1.54, 1.807) is 12.1 Å². The molecule has 0 spiro atoms. The van der Waals surface area contributed by atoms with Crippen LogP contribution in [0.4, 0.5) is 0 Å². The first kappa shape index (κ1) is 15.3. The van der Waals surface area contributed by atoms with Gasteiger partial charge in [-0.25, -0.2) is 0 Å². The maximum atomic E-state index is 10.8. The average Bonchev–Trinajstić information content (AvgIpc) is 3.14. The minimum atomic E-state index is 0.478. The minimum Gasteiger partial charge on any atom is -0.488 e. The van der Waals surface area contributed by atoms with Gasteiger partial charge in [0.15, 0.2) is 6.29 Å². The van der Waals surface area contributed by atoms with Gasteiger partial charge in [0, 0.05) is 13.2 Å². The molecule has 1 saturated heterocycles. The van der Waals surface area contributed by atoms with Gasteiger partial charge in [0.25, 0.3) is 0 Å². The zero-order valence-electron chi connectivity index (χ0n) is 12.0. The summed E-state index contributed by atoms with van der Waals surface area (Å²) in [6.45, 7) is 2.48. The lowest BCUT2D eigenvalue weighted by Crippen LogP contribution is -1.97. The Kier molecular flexibility index (Phi) is 6.49. The maximum Gasteiger partial charge on any atom is 0.153 e. The van der Waals surface area contributed by atoms with Crippen molar-refractivity contribution in [2.75, 3.05) is 13.2 Å². The van der Waals surface area contributed by atoms with Gasteiger partial charge in [0.2, 0.25) is 0 Å². The number of aldehydes is 1. The molecule has 0 N–H and O–H groups in total. The van der Waals surface area contributed by atoms with Crippen LogP contribution in [0.2, 0.25) is 0 Å². The van der Waals surface area contributed by atoms with Gasteiger partial charge in [0.05, 0.1) is 5.56 Å². The van der Waals surface area contributed by atoms with Crippen molar-refractivity contribution in [1.82, 2.24) is 0 Å². The van der Waals surface area contributed by atoms with E-state index in [0.717, 1.165) is 25.1 Å². The van der Waals surface area contributed by atoms with Gasteiger partial charge >= 0.3 is 0 Å². The fraction of sp³-hybridized carbons (Fsp3) is 0.278. The van der Waals surface area contributed by atoms with Crippen LogP contribution in [0.5, 0.6) is 5.75 Å². The van der Waals surface area contributed by atoms with Crippen LogP contribution in [0.3, 0.4) is 0 Å². The molecule has 0 aromatic heterocycles. The van der Waals surface area contributed by atoms with Crippen molar-refractivity contribution in [3.8, 4) is 5.75 Å². The quantitative estimate of drug-likeness (QED) is 0.799. The number of ether oxygens (including phenoxy) is 2. The highest BCUT2D eigenvalue weighted by Gasteiger charge is 2.01. The molecule has 2 aromatic carbocycles. The Balaban J connectivity index is 0.000000272. The van der Waals surface area contributed by atoms with Crippen LogP contribution in [-0.4, -0.2) is 19.5 Å². The van der Waals surface area contributed by atoms with Gasteiger partial charge < -0.3 is 9.47 Å². The molecule has 110 valence electrons. The second-order valence-electron chi connectivity index (χ2n) is 4.75. The molecule has 0 unspecified atom stereocenters. The third-order valence-corrected chi connectivity index (χ3v) is 3.11. The number of hydrogen-bond acceptors (Lipinski definition) is 3. The van der Waals surface area contributed by atoms with Gasteiger partial charge in [-0.1, -0.05) is 42.5 Å². The van der Waals surface area contributed by atoms with E-state index in [0.29, 0.717) is 17.9 Å². The summed E-state index contributed by atoms with van der Waals surface area (Å²) in [5, 5.41) is 0. The lowest BCUT2D eigenvalue weighted by Gasteiger charge is -2.07. The predicted molar refractivity (Wildman–Crippen MR) is 82.7 cm³/mol. The number of carbonyl (C=O) groups excluding carboxylic acids is 1. The summed E-state index contributed by atoms with van der Waals surface area (Å²) < 4.78 is 10.5. The summed E-state index contributed by atoms with van der Waals surface area (Å²) in [6.07, 6.45) is 3.36. The standard InChI is InChI=1S/C14H12O2.C4H8O/c15-10-13-8-4-5-9-14(13)16-11-12-6-2-1-3-7-12;1-2-4-5-3-1/h1-10H,11H2;1-4H2. The van der Waals surface area contributed by atoms with Gasteiger partial charge in [-0.2, -0.15) is 0 Å². The minimum absolute atomic E-state index is 0.478. The summed E-state index contributed by atoms with van der Waals surface area (Å²) in [6, 6.07) is 17.1. The Bertz CT molecular complexity index is 526. The first-order chi connectivity index (χ1) is 10.4. The van der Waals surface area contributed by atoms with Crippen LogP contribution >= 0.6 is 0 Å². The van der Waals surface area contributed by atoms with Crippen molar-refractivity contribution in [2.24, 2.45) is 0 Å². The van der Waals surface area contributed by atoms with Crippen LogP contribution in [0.1, 0.15) is 28.8 Å². The monoisotopic (exact) mass is 284 g/mol. The maximum absolute atomic E-state index is 10.8. The van der Waals surface area contributed by atoms with E-state index in [9.17, 15) is 4.79 Å². The van der Waals surface area contributed by atoms with Crippen molar-refractivity contribution < 1.29 is 14.3 Å². The van der Waals surface area contributed by atoms with E-state index in [2.05, 4.69) is 0 Å². The van der Waals surface area contributed by atoms with Crippen molar-refractivity contribution >= 4 is 6.29 Å². The van der Waals surface area contributed by atoms with Crippen molar-refractivity contribution in [3.05, 3.63) is 65.7 Å². The Labute approximate surface area is 125 Å². The molecule has 0 radical (unpaired) electrons. The van der Waals surface area contributed by atoms with Gasteiger partial charge in [-0.3, -0.25) is 4.79 Å². The van der Waals surface area contributed by atoms with Gasteiger partial charge in [0.1, 0.15) is 12.4 Å². The molecule has 1 heterocycles. The lowest BCUT2D eigenvalue weighted by molar-refractivity contribution is 0.111. The number of rotatable bonds is 4. The summed E-state index contributed by atoms with van der Waals surface area (Å²) in [5.41, 5.74) is 1.67. The highest BCUT2D eigenvalue weighted by atomic mass is 16.5. The molecule has 3 nitrogen and oxygen atoms in total. The van der Waals surface area contributed by atoms with E-state index < -0.39 is 0 Å². The molecule has 21 heavy (non-hydrogen) atoms. The molecule has 0 amide bonds. The van der Waals surface area contributed by atoms with E-state index in [1.165, 1.54) is 12.8 Å². The molecular formula is C18H20O3. The number of benzene rings is 2. The summed E-state index contributed by atoms with van der Waals surface area (Å²) in [5.74, 6) is 0.626. The number of para-hydroxylation sites is 1. The van der Waals surface area contributed by atoms with E-state index >= 15 is 0 Å². The highest BCUT2D eigenvalue weighted by Crippen LogP contribution is 2.17. The number of carbonyl (C=O) groups is 1. The normalized spacial score (nSPS) is 13.1. The van der Waals surface area contributed by atoms with Crippen molar-refractivity contribution in [1.29, 1.82) is 0 Å². The van der Waals surface area contributed by atoms with Crippen LogP contribution in [0, 0.1) is 0 Å². The van der Waals surface area contributed by atoms with Crippen LogP contribution in [0.25, 0.3) is 0 Å². The molecule has 1 aliphatic rings. The first-order valence-electron chi connectivity index (χ1n) is 7.19. The Morgan fingerprint density at radius 3 is 2.24 bits per heavy atom. The van der Waals surface area contributed by atoms with Gasteiger partial charge in [-0.15, -0.1) is 0 Å². The first-order valence-corrected chi connectivity index (χ1v) is 7.19. The zero-order chi connectivity index (χ0) is 14.8. The Morgan fingerprint density at radius 2 is 1.62 bits per heavy atom. The number of hydrogen-bond donors (Lipinski definition) is 0. The Morgan fingerprint density at radius 1 is 0.952 bits per heavy atom. The summed E-state index contributed by atoms with van der Waals surface area (Å²) in [4.78, 5) is 10.8. The fourth-order valence-electron chi connectivity index (χ4n) is 1.95. The van der Waals surface area contributed by atoms with Gasteiger partial charge in [-0.05, 0) is 30.5 Å². The molecule has 0 saturated carbocycles. The molecule has 1 aliphatic heterocycles. The van der Waals surface area contributed by atoms with E-state index in [1.807, 2.05) is 42.5 Å². The largest absolute Gasteiger partial charge is 0.488 e. The summed E-state index contributed by atoms with van der Waals surface area (Å²) >= 11 is 0. The topological polar surface area (TPSA) is 35.5 Å². The molecule has 0 atom stereocenters. The molecule has 3 heteroatoms. The molecule has 2 aromatic rings. The molecule has 3 rings (SSSR count). The lowest BCUT2D eigenvalue weighted by atomic mass is 10.2. The average molecular weight is 284 g/mol. The molecule has 1 fully saturated rings. The Hall–Kier alpha value is -2.13. The van der Waals surface area contributed by atoms with E-state index in [-0.39, 0.29) is 0 Å².